The lowest BCUT2D eigenvalue weighted by Gasteiger charge is -2.37. The van der Waals surface area contributed by atoms with Crippen LogP contribution in [0.1, 0.15) is 59.3 Å². The smallest absolute Gasteiger partial charge is 0.237 e. The van der Waals surface area contributed by atoms with E-state index in [2.05, 4.69) is 6.92 Å². The summed E-state index contributed by atoms with van der Waals surface area (Å²) in [5, 5.41) is 0. The van der Waals surface area contributed by atoms with E-state index < -0.39 is 5.41 Å². The Morgan fingerprint density at radius 2 is 1.24 bits per heavy atom. The summed E-state index contributed by atoms with van der Waals surface area (Å²) >= 11 is 0. The lowest BCUT2D eigenvalue weighted by Crippen LogP contribution is -2.52. The highest BCUT2D eigenvalue weighted by atomic mass is 16.2. The highest BCUT2D eigenvalue weighted by Gasteiger charge is 2.42. The molecule has 2 fully saturated rings. The molecule has 21 heavy (non-hydrogen) atoms. The van der Waals surface area contributed by atoms with Crippen LogP contribution in [0.5, 0.6) is 0 Å². The van der Waals surface area contributed by atoms with Crippen molar-refractivity contribution in [1.82, 2.24) is 9.80 Å². The predicted molar refractivity (Wildman–Crippen MR) is 83.8 cm³/mol. The van der Waals surface area contributed by atoms with Crippen molar-refractivity contribution in [3.8, 4) is 0 Å². The van der Waals surface area contributed by atoms with Crippen molar-refractivity contribution < 1.29 is 9.59 Å². The zero-order chi connectivity index (χ0) is 15.5. The van der Waals surface area contributed by atoms with Crippen LogP contribution in [0.2, 0.25) is 0 Å². The van der Waals surface area contributed by atoms with Gasteiger partial charge in [-0.2, -0.15) is 0 Å². The molecule has 0 spiro atoms. The number of amides is 2. The summed E-state index contributed by atoms with van der Waals surface area (Å²) in [5.74, 6) is 0.732. The van der Waals surface area contributed by atoms with E-state index in [1.165, 1.54) is 12.8 Å². The van der Waals surface area contributed by atoms with Crippen LogP contribution < -0.4 is 0 Å². The van der Waals surface area contributed by atoms with E-state index in [1.807, 2.05) is 9.80 Å². The first-order valence-corrected chi connectivity index (χ1v) is 8.51. The van der Waals surface area contributed by atoms with Gasteiger partial charge in [-0.15, -0.1) is 0 Å². The van der Waals surface area contributed by atoms with Gasteiger partial charge in [-0.05, 0) is 45.4 Å². The van der Waals surface area contributed by atoms with Gasteiger partial charge in [-0.1, -0.05) is 19.8 Å². The Balaban J connectivity index is 2.01. The van der Waals surface area contributed by atoms with E-state index in [0.29, 0.717) is 5.92 Å². The Morgan fingerprint density at radius 3 is 1.71 bits per heavy atom. The standard InChI is InChI=1S/C17H30N2O2/c1-14-8-12-19(13-9-14)16(21)17(2,3)15(20)18-10-6-4-5-7-11-18/h14H,4-13H2,1-3H3. The van der Waals surface area contributed by atoms with Crippen LogP contribution in [0.4, 0.5) is 0 Å². The average molecular weight is 294 g/mol. The van der Waals surface area contributed by atoms with Crippen LogP contribution in [0, 0.1) is 11.3 Å². The topological polar surface area (TPSA) is 40.6 Å². The lowest BCUT2D eigenvalue weighted by atomic mass is 9.87. The van der Waals surface area contributed by atoms with Gasteiger partial charge in [-0.3, -0.25) is 9.59 Å². The van der Waals surface area contributed by atoms with Crippen molar-refractivity contribution in [3.05, 3.63) is 0 Å². The zero-order valence-electron chi connectivity index (χ0n) is 13.9. The number of likely N-dealkylation sites (tertiary alicyclic amines) is 2. The molecule has 2 heterocycles. The van der Waals surface area contributed by atoms with E-state index >= 15 is 0 Å². The summed E-state index contributed by atoms with van der Waals surface area (Å²) in [6.45, 7) is 9.07. The number of carbonyl (C=O) groups is 2. The van der Waals surface area contributed by atoms with Gasteiger partial charge in [0.05, 0.1) is 0 Å². The molecule has 2 amide bonds. The highest BCUT2D eigenvalue weighted by Crippen LogP contribution is 2.27. The maximum absolute atomic E-state index is 12.8. The van der Waals surface area contributed by atoms with E-state index in [-0.39, 0.29) is 11.8 Å². The van der Waals surface area contributed by atoms with Crippen LogP contribution in [0.3, 0.4) is 0 Å². The van der Waals surface area contributed by atoms with E-state index in [1.54, 1.807) is 13.8 Å². The van der Waals surface area contributed by atoms with Crippen LogP contribution in [0.15, 0.2) is 0 Å². The number of hydrogen-bond acceptors (Lipinski definition) is 2. The van der Waals surface area contributed by atoms with Gasteiger partial charge in [0, 0.05) is 26.2 Å². The molecule has 0 atom stereocenters. The molecule has 0 N–H and O–H groups in total. The predicted octanol–water partition coefficient (Wildman–Crippen LogP) is 2.67. The first-order valence-electron chi connectivity index (χ1n) is 8.51. The van der Waals surface area contributed by atoms with Gasteiger partial charge >= 0.3 is 0 Å². The minimum atomic E-state index is -0.912. The number of rotatable bonds is 2. The van der Waals surface area contributed by atoms with Crippen molar-refractivity contribution in [2.24, 2.45) is 11.3 Å². The third kappa shape index (κ3) is 3.78. The van der Waals surface area contributed by atoms with Crippen molar-refractivity contribution in [2.45, 2.75) is 59.3 Å². The third-order valence-corrected chi connectivity index (χ3v) is 5.03. The molecule has 0 aliphatic carbocycles. The van der Waals surface area contributed by atoms with E-state index in [0.717, 1.165) is 51.9 Å². The van der Waals surface area contributed by atoms with Gasteiger partial charge in [0.25, 0.3) is 0 Å². The first kappa shape index (κ1) is 16.3. The van der Waals surface area contributed by atoms with Gasteiger partial charge in [-0.25, -0.2) is 0 Å². The van der Waals surface area contributed by atoms with Crippen LogP contribution in [0.25, 0.3) is 0 Å². The molecule has 4 nitrogen and oxygen atoms in total. The van der Waals surface area contributed by atoms with Crippen LogP contribution in [-0.2, 0) is 9.59 Å². The van der Waals surface area contributed by atoms with E-state index in [9.17, 15) is 9.59 Å². The summed E-state index contributed by atoms with van der Waals surface area (Å²) in [7, 11) is 0. The Hall–Kier alpha value is -1.06. The first-order chi connectivity index (χ1) is 9.93. The highest BCUT2D eigenvalue weighted by molar-refractivity contribution is 6.04. The zero-order valence-corrected chi connectivity index (χ0v) is 13.9. The molecule has 2 rings (SSSR count). The van der Waals surface area contributed by atoms with Gasteiger partial charge in [0.1, 0.15) is 5.41 Å². The van der Waals surface area contributed by atoms with Crippen molar-refractivity contribution in [3.63, 3.8) is 0 Å². The second-order valence-electron chi connectivity index (χ2n) is 7.31. The Morgan fingerprint density at radius 1 is 0.810 bits per heavy atom. The Labute approximate surface area is 128 Å². The fraction of sp³-hybridized carbons (Fsp3) is 0.882. The Bertz CT molecular complexity index is 376. The minimum Gasteiger partial charge on any atom is -0.342 e. The summed E-state index contributed by atoms with van der Waals surface area (Å²) in [4.78, 5) is 29.4. The summed E-state index contributed by atoms with van der Waals surface area (Å²) < 4.78 is 0. The van der Waals surface area contributed by atoms with Gasteiger partial charge in [0.2, 0.25) is 11.8 Å². The lowest BCUT2D eigenvalue weighted by molar-refractivity contribution is -0.154. The average Bonchev–Trinajstić information content (AvgIpc) is 2.75. The normalized spacial score (nSPS) is 22.0. The summed E-state index contributed by atoms with van der Waals surface area (Å²) in [6, 6.07) is 0. The molecule has 0 radical (unpaired) electrons. The molecular weight excluding hydrogens is 264 g/mol. The molecule has 4 heteroatoms. The number of hydrogen-bond donors (Lipinski definition) is 0. The molecule has 0 bridgehead atoms. The second-order valence-corrected chi connectivity index (χ2v) is 7.31. The molecular formula is C17H30N2O2. The molecule has 120 valence electrons. The maximum atomic E-state index is 12.8. The molecule has 0 saturated carbocycles. The number of carbonyl (C=O) groups excluding carboxylic acids is 2. The summed E-state index contributed by atoms with van der Waals surface area (Å²) in [5.41, 5.74) is -0.912. The largest absolute Gasteiger partial charge is 0.342 e. The molecule has 2 aliphatic heterocycles. The van der Waals surface area contributed by atoms with Gasteiger partial charge < -0.3 is 9.80 Å². The second kappa shape index (κ2) is 6.80. The Kier molecular flexibility index (Phi) is 5.28. The van der Waals surface area contributed by atoms with Crippen LogP contribution in [-0.4, -0.2) is 47.8 Å². The quantitative estimate of drug-likeness (QED) is 0.735. The maximum Gasteiger partial charge on any atom is 0.237 e. The van der Waals surface area contributed by atoms with Crippen LogP contribution >= 0.6 is 0 Å². The third-order valence-electron chi connectivity index (χ3n) is 5.03. The number of piperidine rings is 1. The van der Waals surface area contributed by atoms with Crippen molar-refractivity contribution >= 4 is 11.8 Å². The molecule has 2 saturated heterocycles. The van der Waals surface area contributed by atoms with Crippen molar-refractivity contribution in [2.75, 3.05) is 26.2 Å². The fourth-order valence-corrected chi connectivity index (χ4v) is 3.37. The molecule has 0 aromatic rings. The molecule has 0 aromatic carbocycles. The fourth-order valence-electron chi connectivity index (χ4n) is 3.37. The molecule has 0 aromatic heterocycles. The van der Waals surface area contributed by atoms with Crippen molar-refractivity contribution in [1.29, 1.82) is 0 Å². The molecule has 2 aliphatic rings. The SMILES string of the molecule is CC1CCN(C(=O)C(C)(C)C(=O)N2CCCCCC2)CC1. The molecule has 0 unspecified atom stereocenters. The number of nitrogens with zero attached hydrogens (tertiary/aromatic N) is 2. The monoisotopic (exact) mass is 294 g/mol. The van der Waals surface area contributed by atoms with E-state index in [4.69, 9.17) is 0 Å². The summed E-state index contributed by atoms with van der Waals surface area (Å²) in [6.07, 6.45) is 6.64. The minimum absolute atomic E-state index is 0.0173. The van der Waals surface area contributed by atoms with Gasteiger partial charge in [0.15, 0.2) is 0 Å².